The first-order valence-electron chi connectivity index (χ1n) is 8.80. The van der Waals surface area contributed by atoms with E-state index in [9.17, 15) is 4.39 Å². The minimum Gasteiger partial charge on any atom is -0.495 e. The average Bonchev–Trinajstić information content (AvgIpc) is 2.63. The van der Waals surface area contributed by atoms with Gasteiger partial charge >= 0.3 is 0 Å². The Labute approximate surface area is 158 Å². The number of aryl methyl sites for hydroxylation is 2. The van der Waals surface area contributed by atoms with Crippen LogP contribution < -0.4 is 15.4 Å². The molecule has 0 atom stereocenters. The fourth-order valence-corrected chi connectivity index (χ4v) is 2.81. The summed E-state index contributed by atoms with van der Waals surface area (Å²) in [7, 11) is 1.64. The Morgan fingerprint density at radius 1 is 1.00 bits per heavy atom. The van der Waals surface area contributed by atoms with E-state index in [1.165, 1.54) is 6.07 Å². The van der Waals surface area contributed by atoms with E-state index in [1.54, 1.807) is 19.2 Å². The molecule has 0 bridgehead atoms. The van der Waals surface area contributed by atoms with Crippen molar-refractivity contribution in [1.29, 1.82) is 0 Å². The molecule has 0 spiro atoms. The van der Waals surface area contributed by atoms with Crippen LogP contribution >= 0.6 is 0 Å². The number of hydrogen-bond acceptors (Lipinski definition) is 5. The van der Waals surface area contributed by atoms with E-state index in [4.69, 9.17) is 4.74 Å². The first kappa shape index (κ1) is 18.6. The van der Waals surface area contributed by atoms with Gasteiger partial charge in [-0.25, -0.2) is 14.4 Å². The molecule has 27 heavy (non-hydrogen) atoms. The molecule has 2 N–H and O–H groups in total. The largest absolute Gasteiger partial charge is 0.495 e. The van der Waals surface area contributed by atoms with Gasteiger partial charge in [-0.15, -0.1) is 0 Å². The summed E-state index contributed by atoms with van der Waals surface area (Å²) in [5, 5.41) is 6.52. The van der Waals surface area contributed by atoms with Gasteiger partial charge in [0, 0.05) is 12.6 Å². The second-order valence-corrected chi connectivity index (χ2v) is 6.28. The van der Waals surface area contributed by atoms with Gasteiger partial charge in [0.1, 0.15) is 29.0 Å². The van der Waals surface area contributed by atoms with Crippen LogP contribution in [0.15, 0.2) is 48.5 Å². The Morgan fingerprint density at radius 2 is 1.78 bits per heavy atom. The molecule has 6 heteroatoms. The Kier molecular flexibility index (Phi) is 5.86. The number of ether oxygens (including phenoxy) is 1. The Balaban J connectivity index is 1.71. The summed E-state index contributed by atoms with van der Waals surface area (Å²) in [5.74, 6) is 2.55. The van der Waals surface area contributed by atoms with Crippen LogP contribution in [0.25, 0.3) is 0 Å². The van der Waals surface area contributed by atoms with Crippen molar-refractivity contribution in [2.24, 2.45) is 0 Å². The SMILES string of the molecule is COc1ccc(C)cc1Nc1cc(NCCc2ccccc2F)nc(C)n1. The van der Waals surface area contributed by atoms with Crippen LogP contribution in [0.3, 0.4) is 0 Å². The molecule has 140 valence electrons. The summed E-state index contributed by atoms with van der Waals surface area (Å²) in [6.45, 7) is 4.43. The number of nitrogens with one attached hydrogen (secondary N) is 2. The van der Waals surface area contributed by atoms with Gasteiger partial charge in [0.25, 0.3) is 0 Å². The minimum absolute atomic E-state index is 0.188. The maximum absolute atomic E-state index is 13.7. The summed E-state index contributed by atoms with van der Waals surface area (Å²) in [5.41, 5.74) is 2.64. The molecule has 5 nitrogen and oxygen atoms in total. The van der Waals surface area contributed by atoms with E-state index in [0.29, 0.717) is 36.0 Å². The highest BCUT2D eigenvalue weighted by atomic mass is 19.1. The predicted octanol–water partition coefficient (Wildman–Crippen LogP) is 4.64. The smallest absolute Gasteiger partial charge is 0.142 e. The van der Waals surface area contributed by atoms with Gasteiger partial charge in [-0.3, -0.25) is 0 Å². The normalized spacial score (nSPS) is 10.5. The minimum atomic E-state index is -0.188. The first-order valence-corrected chi connectivity index (χ1v) is 8.80. The lowest BCUT2D eigenvalue weighted by molar-refractivity contribution is 0.416. The van der Waals surface area contributed by atoms with Crippen molar-refractivity contribution >= 4 is 17.3 Å². The molecule has 0 saturated carbocycles. The van der Waals surface area contributed by atoms with Gasteiger partial charge in [-0.1, -0.05) is 24.3 Å². The molecule has 0 radical (unpaired) electrons. The lowest BCUT2D eigenvalue weighted by Gasteiger charge is -2.13. The van der Waals surface area contributed by atoms with E-state index >= 15 is 0 Å². The van der Waals surface area contributed by atoms with Crippen LogP contribution in [-0.4, -0.2) is 23.6 Å². The molecular formula is C21H23FN4O. The average molecular weight is 366 g/mol. The van der Waals surface area contributed by atoms with Crippen molar-refractivity contribution in [2.75, 3.05) is 24.3 Å². The van der Waals surface area contributed by atoms with Crippen LogP contribution in [0, 0.1) is 19.7 Å². The van der Waals surface area contributed by atoms with Gasteiger partial charge < -0.3 is 15.4 Å². The van der Waals surface area contributed by atoms with E-state index in [0.717, 1.165) is 17.0 Å². The van der Waals surface area contributed by atoms with Gasteiger partial charge in [0.05, 0.1) is 12.8 Å². The van der Waals surface area contributed by atoms with E-state index in [2.05, 4.69) is 20.6 Å². The zero-order chi connectivity index (χ0) is 19.2. The topological polar surface area (TPSA) is 59.1 Å². The maximum atomic E-state index is 13.7. The van der Waals surface area contributed by atoms with Crippen LogP contribution in [-0.2, 0) is 6.42 Å². The molecule has 2 aromatic carbocycles. The number of methoxy groups -OCH3 is 1. The number of rotatable bonds is 7. The molecule has 0 unspecified atom stereocenters. The summed E-state index contributed by atoms with van der Waals surface area (Å²) >= 11 is 0. The monoisotopic (exact) mass is 366 g/mol. The molecule has 3 rings (SSSR count). The third-order valence-corrected chi connectivity index (χ3v) is 4.11. The van der Waals surface area contributed by atoms with Crippen molar-refractivity contribution in [3.63, 3.8) is 0 Å². The van der Waals surface area contributed by atoms with Crippen LogP contribution in [0.1, 0.15) is 17.0 Å². The fraction of sp³-hybridized carbons (Fsp3) is 0.238. The summed E-state index contributed by atoms with van der Waals surface area (Å²) in [4.78, 5) is 8.84. The number of hydrogen-bond donors (Lipinski definition) is 2. The quantitative estimate of drug-likeness (QED) is 0.638. The molecule has 1 aromatic heterocycles. The molecule has 0 amide bonds. The molecule has 0 aliphatic rings. The first-order chi connectivity index (χ1) is 13.0. The Morgan fingerprint density at radius 3 is 2.56 bits per heavy atom. The van der Waals surface area contributed by atoms with Crippen molar-refractivity contribution in [3.8, 4) is 5.75 Å². The summed E-state index contributed by atoms with van der Waals surface area (Å²) < 4.78 is 19.1. The highest BCUT2D eigenvalue weighted by Gasteiger charge is 2.07. The third-order valence-electron chi connectivity index (χ3n) is 4.11. The molecular weight excluding hydrogens is 343 g/mol. The van der Waals surface area contributed by atoms with Gasteiger partial charge in [0.15, 0.2) is 0 Å². The standard InChI is InChI=1S/C21H23FN4O/c1-14-8-9-19(27-3)18(12-14)26-21-13-20(24-15(2)25-21)23-11-10-16-6-4-5-7-17(16)22/h4-9,12-13H,10-11H2,1-3H3,(H2,23,24,25,26). The van der Waals surface area contributed by atoms with Crippen LogP contribution in [0.4, 0.5) is 21.7 Å². The van der Waals surface area contributed by atoms with Gasteiger partial charge in [0.2, 0.25) is 0 Å². The zero-order valence-electron chi connectivity index (χ0n) is 15.7. The van der Waals surface area contributed by atoms with Crippen molar-refractivity contribution < 1.29 is 9.13 Å². The van der Waals surface area contributed by atoms with Crippen LogP contribution in [0.2, 0.25) is 0 Å². The number of benzene rings is 2. The highest BCUT2D eigenvalue weighted by Crippen LogP contribution is 2.28. The van der Waals surface area contributed by atoms with E-state index in [1.807, 2.05) is 44.2 Å². The fourth-order valence-electron chi connectivity index (χ4n) is 2.81. The van der Waals surface area contributed by atoms with Crippen molar-refractivity contribution in [2.45, 2.75) is 20.3 Å². The zero-order valence-corrected chi connectivity index (χ0v) is 15.7. The predicted molar refractivity (Wildman–Crippen MR) is 106 cm³/mol. The second kappa shape index (κ2) is 8.49. The molecule has 3 aromatic rings. The van der Waals surface area contributed by atoms with Crippen molar-refractivity contribution in [3.05, 3.63) is 71.3 Å². The highest BCUT2D eigenvalue weighted by molar-refractivity contribution is 5.66. The van der Waals surface area contributed by atoms with Gasteiger partial charge in [-0.05, 0) is 49.6 Å². The Hall–Kier alpha value is -3.15. The number of aromatic nitrogens is 2. The third kappa shape index (κ3) is 4.94. The maximum Gasteiger partial charge on any atom is 0.142 e. The summed E-state index contributed by atoms with van der Waals surface area (Å²) in [6.07, 6.45) is 0.574. The molecule has 0 saturated heterocycles. The van der Waals surface area contributed by atoms with Crippen LogP contribution in [0.5, 0.6) is 5.75 Å². The second-order valence-electron chi connectivity index (χ2n) is 6.28. The summed E-state index contributed by atoms with van der Waals surface area (Å²) in [6, 6.07) is 14.5. The van der Waals surface area contributed by atoms with Gasteiger partial charge in [-0.2, -0.15) is 0 Å². The number of nitrogens with zero attached hydrogens (tertiary/aromatic N) is 2. The van der Waals surface area contributed by atoms with E-state index < -0.39 is 0 Å². The number of anilines is 3. The Bertz CT molecular complexity index is 930. The molecule has 1 heterocycles. The van der Waals surface area contributed by atoms with E-state index in [-0.39, 0.29) is 5.82 Å². The molecule has 0 aliphatic heterocycles. The lowest BCUT2D eigenvalue weighted by Crippen LogP contribution is -2.09. The number of halogens is 1. The molecule has 0 aliphatic carbocycles. The van der Waals surface area contributed by atoms with Crippen molar-refractivity contribution in [1.82, 2.24) is 9.97 Å². The molecule has 0 fully saturated rings. The lowest BCUT2D eigenvalue weighted by atomic mass is 10.1.